The molecule has 0 radical (unpaired) electrons. The van der Waals surface area contributed by atoms with Crippen molar-refractivity contribution in [3.8, 4) is 0 Å². The molecule has 0 bridgehead atoms. The van der Waals surface area contributed by atoms with Crippen LogP contribution in [-0.4, -0.2) is 59.4 Å². The smallest absolute Gasteiger partial charge is 0.194 e. The molecule has 4 rings (SSSR count). The Morgan fingerprint density at radius 2 is 2.09 bits per heavy atom. The van der Waals surface area contributed by atoms with Gasteiger partial charge in [-0.1, -0.05) is 31.2 Å². The summed E-state index contributed by atoms with van der Waals surface area (Å²) in [6.07, 6.45) is 9.31. The van der Waals surface area contributed by atoms with Gasteiger partial charge in [0.15, 0.2) is 5.96 Å². The number of aromatic nitrogens is 2. The Labute approximate surface area is 191 Å². The van der Waals surface area contributed by atoms with Crippen molar-refractivity contribution in [2.24, 2.45) is 10.9 Å². The maximum Gasteiger partial charge on any atom is 0.194 e. The molecule has 2 saturated heterocycles. The van der Waals surface area contributed by atoms with Crippen molar-refractivity contribution in [2.45, 2.75) is 58.4 Å². The topological polar surface area (TPSA) is 63.9 Å². The van der Waals surface area contributed by atoms with Crippen LogP contribution in [-0.2, 0) is 22.6 Å². The quantitative estimate of drug-likeness (QED) is 0.527. The number of rotatable bonds is 7. The minimum Gasteiger partial charge on any atom is -0.381 e. The van der Waals surface area contributed by atoms with Gasteiger partial charge >= 0.3 is 0 Å². The number of aliphatic imine (C=N–C) groups is 1. The highest BCUT2D eigenvalue weighted by molar-refractivity contribution is 5.80. The first kappa shape index (κ1) is 22.8. The fourth-order valence-corrected chi connectivity index (χ4v) is 4.56. The summed E-state index contributed by atoms with van der Waals surface area (Å²) in [5.41, 5.74) is 2.42. The van der Waals surface area contributed by atoms with Crippen molar-refractivity contribution in [3.05, 3.63) is 54.1 Å². The SMILES string of the molecule is CCNC(=NCc1cccc(COC2CCOCC2)c1)N1CCC(C)C(n2ccnc2)C1. The summed E-state index contributed by atoms with van der Waals surface area (Å²) in [5, 5.41) is 3.50. The van der Waals surface area contributed by atoms with Gasteiger partial charge in [0.1, 0.15) is 0 Å². The van der Waals surface area contributed by atoms with Gasteiger partial charge in [0.2, 0.25) is 0 Å². The summed E-state index contributed by atoms with van der Waals surface area (Å²) in [4.78, 5) is 11.6. The van der Waals surface area contributed by atoms with Crippen molar-refractivity contribution < 1.29 is 9.47 Å². The second-order valence-corrected chi connectivity index (χ2v) is 8.90. The predicted octanol–water partition coefficient (Wildman–Crippen LogP) is 3.63. The van der Waals surface area contributed by atoms with E-state index in [-0.39, 0.29) is 0 Å². The first-order chi connectivity index (χ1) is 15.7. The number of hydrogen-bond donors (Lipinski definition) is 1. The summed E-state index contributed by atoms with van der Waals surface area (Å²) in [5.74, 6) is 1.61. The van der Waals surface area contributed by atoms with E-state index in [2.05, 4.69) is 64.1 Å². The van der Waals surface area contributed by atoms with Gasteiger partial charge in [-0.3, -0.25) is 0 Å². The number of benzene rings is 1. The van der Waals surface area contributed by atoms with E-state index >= 15 is 0 Å². The van der Waals surface area contributed by atoms with E-state index in [1.54, 1.807) is 0 Å². The predicted molar refractivity (Wildman–Crippen MR) is 127 cm³/mol. The zero-order valence-corrected chi connectivity index (χ0v) is 19.4. The third-order valence-corrected chi connectivity index (χ3v) is 6.52. The number of nitrogens with one attached hydrogen (secondary N) is 1. The molecule has 0 amide bonds. The van der Waals surface area contributed by atoms with Crippen LogP contribution < -0.4 is 5.32 Å². The van der Waals surface area contributed by atoms with E-state index in [0.717, 1.165) is 58.1 Å². The molecule has 174 valence electrons. The monoisotopic (exact) mass is 439 g/mol. The molecule has 7 nitrogen and oxygen atoms in total. The van der Waals surface area contributed by atoms with E-state index in [9.17, 15) is 0 Å². The summed E-state index contributed by atoms with van der Waals surface area (Å²) < 4.78 is 13.8. The molecule has 2 atom stereocenters. The molecule has 0 spiro atoms. The first-order valence-electron chi connectivity index (χ1n) is 12.0. The zero-order valence-electron chi connectivity index (χ0n) is 19.4. The number of likely N-dealkylation sites (tertiary alicyclic amines) is 1. The van der Waals surface area contributed by atoms with Crippen LogP contribution in [0.3, 0.4) is 0 Å². The Kier molecular flexibility index (Phi) is 8.18. The highest BCUT2D eigenvalue weighted by atomic mass is 16.5. The van der Waals surface area contributed by atoms with Gasteiger partial charge in [-0.25, -0.2) is 9.98 Å². The van der Waals surface area contributed by atoms with Gasteiger partial charge in [-0.2, -0.15) is 0 Å². The highest BCUT2D eigenvalue weighted by Crippen LogP contribution is 2.27. The average molecular weight is 440 g/mol. The highest BCUT2D eigenvalue weighted by Gasteiger charge is 2.28. The molecule has 2 aliphatic heterocycles. The molecule has 3 heterocycles. The van der Waals surface area contributed by atoms with Gasteiger partial charge in [-0.15, -0.1) is 0 Å². The van der Waals surface area contributed by atoms with Crippen LogP contribution in [0.25, 0.3) is 0 Å². The maximum atomic E-state index is 6.10. The van der Waals surface area contributed by atoms with Crippen molar-refractivity contribution in [1.82, 2.24) is 19.8 Å². The maximum absolute atomic E-state index is 6.10. The van der Waals surface area contributed by atoms with Crippen LogP contribution in [0.15, 0.2) is 48.0 Å². The van der Waals surface area contributed by atoms with Gasteiger partial charge in [-0.05, 0) is 43.2 Å². The summed E-state index contributed by atoms with van der Waals surface area (Å²) >= 11 is 0. The molecule has 2 aliphatic rings. The van der Waals surface area contributed by atoms with E-state index in [1.807, 2.05) is 12.5 Å². The lowest BCUT2D eigenvalue weighted by atomic mass is 9.93. The van der Waals surface area contributed by atoms with Crippen molar-refractivity contribution in [1.29, 1.82) is 0 Å². The Morgan fingerprint density at radius 1 is 1.25 bits per heavy atom. The Bertz CT molecular complexity index is 848. The van der Waals surface area contributed by atoms with Crippen LogP contribution >= 0.6 is 0 Å². The van der Waals surface area contributed by atoms with Gasteiger partial charge in [0.05, 0.1) is 31.6 Å². The Hall–Kier alpha value is -2.38. The largest absolute Gasteiger partial charge is 0.381 e. The fourth-order valence-electron chi connectivity index (χ4n) is 4.56. The summed E-state index contributed by atoms with van der Waals surface area (Å²) in [6, 6.07) is 9.04. The fraction of sp³-hybridized carbons (Fsp3) is 0.600. The zero-order chi connectivity index (χ0) is 22.2. The van der Waals surface area contributed by atoms with Crippen LogP contribution in [0, 0.1) is 5.92 Å². The molecular formula is C25H37N5O2. The Morgan fingerprint density at radius 3 is 2.88 bits per heavy atom. The van der Waals surface area contributed by atoms with E-state index in [1.165, 1.54) is 11.1 Å². The number of guanidine groups is 1. The number of hydrogen-bond acceptors (Lipinski definition) is 4. The minimum atomic E-state index is 0.315. The van der Waals surface area contributed by atoms with Gasteiger partial charge in [0.25, 0.3) is 0 Å². The molecule has 2 aromatic rings. The second kappa shape index (κ2) is 11.5. The molecule has 7 heteroatoms. The third-order valence-electron chi connectivity index (χ3n) is 6.52. The van der Waals surface area contributed by atoms with Gasteiger partial charge < -0.3 is 24.3 Å². The number of ether oxygens (including phenoxy) is 2. The lowest BCUT2D eigenvalue weighted by molar-refractivity contribution is -0.0390. The van der Waals surface area contributed by atoms with Crippen LogP contribution in [0.5, 0.6) is 0 Å². The molecule has 1 N–H and O–H groups in total. The summed E-state index contributed by atoms with van der Waals surface area (Å²) in [7, 11) is 0. The number of imidazole rings is 1. The molecule has 2 unspecified atom stereocenters. The lowest BCUT2D eigenvalue weighted by Gasteiger charge is -2.39. The Balaban J connectivity index is 1.38. The molecule has 1 aromatic carbocycles. The van der Waals surface area contributed by atoms with E-state index in [4.69, 9.17) is 14.5 Å². The van der Waals surface area contributed by atoms with Crippen LogP contribution in [0.2, 0.25) is 0 Å². The average Bonchev–Trinajstić information content (AvgIpc) is 3.37. The van der Waals surface area contributed by atoms with E-state index < -0.39 is 0 Å². The van der Waals surface area contributed by atoms with E-state index in [0.29, 0.717) is 31.2 Å². The second-order valence-electron chi connectivity index (χ2n) is 8.90. The number of nitrogens with zero attached hydrogens (tertiary/aromatic N) is 4. The molecule has 32 heavy (non-hydrogen) atoms. The van der Waals surface area contributed by atoms with Crippen LogP contribution in [0.4, 0.5) is 0 Å². The molecule has 2 fully saturated rings. The summed E-state index contributed by atoms with van der Waals surface area (Å²) in [6.45, 7) is 10.2. The molecule has 1 aromatic heterocycles. The minimum absolute atomic E-state index is 0.315. The normalized spacial score (nSPS) is 22.8. The van der Waals surface area contributed by atoms with Crippen LogP contribution in [0.1, 0.15) is 50.3 Å². The number of piperidine rings is 1. The van der Waals surface area contributed by atoms with Gasteiger partial charge in [0, 0.05) is 45.2 Å². The lowest BCUT2D eigenvalue weighted by Crippen LogP contribution is -2.49. The third kappa shape index (κ3) is 6.11. The molecule has 0 saturated carbocycles. The van der Waals surface area contributed by atoms with Crippen molar-refractivity contribution in [3.63, 3.8) is 0 Å². The molecular weight excluding hydrogens is 402 g/mol. The first-order valence-corrected chi connectivity index (χ1v) is 12.0. The standard InChI is InChI=1S/C25H37N5O2/c1-3-27-25(29-11-7-20(2)24(17-29)30-12-10-26-19-30)28-16-21-5-4-6-22(15-21)18-32-23-8-13-31-14-9-23/h4-6,10,12,15,19-20,23-24H,3,7-9,11,13-14,16-18H2,1-2H3,(H,27,28). The van der Waals surface area contributed by atoms with Crippen molar-refractivity contribution in [2.75, 3.05) is 32.8 Å². The van der Waals surface area contributed by atoms with Crippen molar-refractivity contribution >= 4 is 5.96 Å². The molecule has 0 aliphatic carbocycles.